The molecule has 2 aromatic carbocycles. The first-order valence-corrected chi connectivity index (χ1v) is 14.3. The highest BCUT2D eigenvalue weighted by Gasteiger charge is 2.54. The monoisotopic (exact) mass is 612 g/mol. The molecule has 5 rings (SSSR count). The van der Waals surface area contributed by atoms with E-state index in [-0.39, 0.29) is 40.8 Å². The number of benzene rings is 2. The number of carbonyl (C=O) groups is 3. The van der Waals surface area contributed by atoms with Crippen LogP contribution >= 0.6 is 23.2 Å². The van der Waals surface area contributed by atoms with Crippen molar-refractivity contribution in [3.8, 4) is 0 Å². The number of hydrogen-bond acceptors (Lipinski definition) is 6. The number of carbonyl (C=O) groups excluding carboxylic acids is 3. The summed E-state index contributed by atoms with van der Waals surface area (Å²) in [5.74, 6) is -1.87. The molecule has 0 saturated carbocycles. The lowest BCUT2D eigenvalue weighted by Crippen LogP contribution is -2.46. The number of likely N-dealkylation sites (N-methyl/N-ethyl adjacent to an activating group) is 1. The van der Waals surface area contributed by atoms with E-state index in [2.05, 4.69) is 4.98 Å². The molecule has 11 heteroatoms. The Morgan fingerprint density at radius 1 is 1.07 bits per heavy atom. The van der Waals surface area contributed by atoms with E-state index in [1.807, 2.05) is 14.1 Å². The van der Waals surface area contributed by atoms with Crippen molar-refractivity contribution < 1.29 is 23.5 Å². The number of halogens is 3. The van der Waals surface area contributed by atoms with Gasteiger partial charge in [-0.3, -0.25) is 24.3 Å². The third kappa shape index (κ3) is 5.54. The minimum absolute atomic E-state index is 0.00782. The summed E-state index contributed by atoms with van der Waals surface area (Å²) in [6.07, 6.45) is 2.40. The Kier molecular flexibility index (Phi) is 8.66. The number of piperidine rings is 1. The van der Waals surface area contributed by atoms with Gasteiger partial charge in [0.15, 0.2) is 11.5 Å². The molecule has 2 amide bonds. The smallest absolute Gasteiger partial charge is 0.257 e. The molecule has 0 bridgehead atoms. The number of hydrogen-bond donors (Lipinski definition) is 0. The van der Waals surface area contributed by atoms with Crippen LogP contribution in [-0.2, 0) is 21.8 Å². The van der Waals surface area contributed by atoms with Crippen LogP contribution in [0, 0.1) is 11.7 Å². The molecule has 0 radical (unpaired) electrons. The highest BCUT2D eigenvalue weighted by molar-refractivity contribution is 6.30. The van der Waals surface area contributed by atoms with E-state index in [1.54, 1.807) is 46.2 Å². The number of Topliss-reactive ketones (excluding diaryl/α,β-unsaturated/α-hetero) is 1. The summed E-state index contributed by atoms with van der Waals surface area (Å²) in [4.78, 5) is 49.3. The van der Waals surface area contributed by atoms with Crippen LogP contribution in [0.4, 0.5) is 4.39 Å². The number of nitrogens with zero attached hydrogens (tertiary/aromatic N) is 4. The Labute approximate surface area is 254 Å². The number of amides is 2. The van der Waals surface area contributed by atoms with Crippen molar-refractivity contribution in [2.75, 3.05) is 40.8 Å². The predicted molar refractivity (Wildman–Crippen MR) is 157 cm³/mol. The normalized spacial score (nSPS) is 19.0. The largest absolute Gasteiger partial charge is 0.350 e. The van der Waals surface area contributed by atoms with Crippen LogP contribution in [0.2, 0.25) is 10.0 Å². The SMILES string of the molecule is CO[C@]1(c2ccc(Cl)cc2)c2c(F)cc(C(=O)C3CCN(C(=O)CN(C)C)CC3)cc2C(=O)N1Cc1ccc(Cl)cn1. The zero-order valence-electron chi connectivity index (χ0n) is 23.6. The molecule has 8 nitrogen and oxygen atoms in total. The van der Waals surface area contributed by atoms with E-state index in [0.717, 1.165) is 0 Å². The standard InChI is InChI=1S/C31H31Cl2FN4O4/c1-36(2)18-27(39)37-12-10-19(11-13-37)29(40)20-14-25-28(26(34)15-20)31(42-3,21-4-6-22(32)7-5-21)38(30(25)41)17-24-9-8-23(33)16-35-24/h4-9,14-16,19H,10-13,17-18H2,1-3H3/t31-/m1/s1. The Morgan fingerprint density at radius 2 is 1.74 bits per heavy atom. The molecule has 3 heterocycles. The fourth-order valence-corrected chi connectivity index (χ4v) is 6.07. The summed E-state index contributed by atoms with van der Waals surface area (Å²) in [6, 6.07) is 12.6. The minimum Gasteiger partial charge on any atom is -0.350 e. The van der Waals surface area contributed by atoms with E-state index in [4.69, 9.17) is 27.9 Å². The lowest BCUT2D eigenvalue weighted by Gasteiger charge is -2.38. The topological polar surface area (TPSA) is 83.0 Å². The average molecular weight is 614 g/mol. The molecule has 1 atom stereocenters. The summed E-state index contributed by atoms with van der Waals surface area (Å²) in [5.41, 5.74) is -0.450. The Hall–Kier alpha value is -3.37. The van der Waals surface area contributed by atoms with Crippen LogP contribution in [0.5, 0.6) is 0 Å². The van der Waals surface area contributed by atoms with Gasteiger partial charge in [-0.15, -0.1) is 0 Å². The van der Waals surface area contributed by atoms with E-state index >= 15 is 4.39 Å². The van der Waals surface area contributed by atoms with Gasteiger partial charge in [-0.05, 0) is 63.3 Å². The molecule has 1 fully saturated rings. The van der Waals surface area contributed by atoms with Crippen LogP contribution in [-0.4, -0.2) is 78.1 Å². The number of ether oxygens (including phenoxy) is 1. The molecule has 2 aliphatic heterocycles. The second kappa shape index (κ2) is 12.1. The second-order valence-electron chi connectivity index (χ2n) is 10.9. The number of fused-ring (bicyclic) bond motifs is 1. The van der Waals surface area contributed by atoms with Crippen LogP contribution in [0.1, 0.15) is 50.4 Å². The third-order valence-corrected chi connectivity index (χ3v) is 8.35. The van der Waals surface area contributed by atoms with Crippen LogP contribution in [0.15, 0.2) is 54.7 Å². The van der Waals surface area contributed by atoms with Crippen molar-refractivity contribution in [3.05, 3.63) is 98.5 Å². The Balaban J connectivity index is 1.50. The van der Waals surface area contributed by atoms with Gasteiger partial charge in [0.1, 0.15) is 5.82 Å². The van der Waals surface area contributed by atoms with E-state index in [1.165, 1.54) is 30.3 Å². The van der Waals surface area contributed by atoms with Crippen molar-refractivity contribution in [1.82, 2.24) is 19.7 Å². The first-order valence-electron chi connectivity index (χ1n) is 13.6. The van der Waals surface area contributed by atoms with E-state index < -0.39 is 17.4 Å². The van der Waals surface area contributed by atoms with Gasteiger partial charge in [0, 0.05) is 48.5 Å². The zero-order chi connectivity index (χ0) is 30.2. The predicted octanol–water partition coefficient (Wildman–Crippen LogP) is 5.01. The molecule has 1 saturated heterocycles. The molecule has 220 valence electrons. The summed E-state index contributed by atoms with van der Waals surface area (Å²) in [5, 5.41) is 0.906. The van der Waals surface area contributed by atoms with Crippen LogP contribution < -0.4 is 0 Å². The second-order valence-corrected chi connectivity index (χ2v) is 11.7. The summed E-state index contributed by atoms with van der Waals surface area (Å²) in [6.45, 7) is 1.18. The number of likely N-dealkylation sites (tertiary alicyclic amines) is 1. The summed E-state index contributed by atoms with van der Waals surface area (Å²) < 4.78 is 22.3. The first kappa shape index (κ1) is 30.1. The third-order valence-electron chi connectivity index (χ3n) is 7.88. The van der Waals surface area contributed by atoms with Gasteiger partial charge in [-0.25, -0.2) is 4.39 Å². The molecule has 0 aliphatic carbocycles. The van der Waals surface area contributed by atoms with Crippen molar-refractivity contribution in [1.29, 1.82) is 0 Å². The number of methoxy groups -OCH3 is 1. The molecule has 0 unspecified atom stereocenters. The molecule has 0 spiro atoms. The van der Waals surface area contributed by atoms with Gasteiger partial charge in [-0.1, -0.05) is 35.3 Å². The number of pyridine rings is 1. The van der Waals surface area contributed by atoms with Gasteiger partial charge >= 0.3 is 0 Å². The Bertz CT molecular complexity index is 1510. The number of ketones is 1. The van der Waals surface area contributed by atoms with Crippen LogP contribution in [0.3, 0.4) is 0 Å². The molecule has 42 heavy (non-hydrogen) atoms. The quantitative estimate of drug-likeness (QED) is 0.332. The molecular weight excluding hydrogens is 582 g/mol. The maximum atomic E-state index is 16.2. The first-order chi connectivity index (χ1) is 20.0. The van der Waals surface area contributed by atoms with Crippen molar-refractivity contribution in [3.63, 3.8) is 0 Å². The van der Waals surface area contributed by atoms with Gasteiger partial charge in [-0.2, -0.15) is 0 Å². The van der Waals surface area contributed by atoms with Crippen molar-refractivity contribution in [2.45, 2.75) is 25.1 Å². The lowest BCUT2D eigenvalue weighted by molar-refractivity contribution is -0.133. The molecule has 3 aromatic rings. The minimum atomic E-state index is -1.64. The van der Waals surface area contributed by atoms with Gasteiger partial charge in [0.05, 0.1) is 34.9 Å². The fraction of sp³-hybridized carbons (Fsp3) is 0.355. The van der Waals surface area contributed by atoms with Gasteiger partial charge < -0.3 is 14.5 Å². The highest BCUT2D eigenvalue weighted by atomic mass is 35.5. The summed E-state index contributed by atoms with van der Waals surface area (Å²) in [7, 11) is 5.06. The van der Waals surface area contributed by atoms with Gasteiger partial charge in [0.25, 0.3) is 5.91 Å². The van der Waals surface area contributed by atoms with Crippen molar-refractivity contribution >= 4 is 40.8 Å². The van der Waals surface area contributed by atoms with Gasteiger partial charge in [0.2, 0.25) is 5.91 Å². The van der Waals surface area contributed by atoms with E-state index in [9.17, 15) is 14.4 Å². The van der Waals surface area contributed by atoms with Crippen molar-refractivity contribution in [2.24, 2.45) is 5.92 Å². The zero-order valence-corrected chi connectivity index (χ0v) is 25.1. The molecule has 2 aliphatic rings. The number of aromatic nitrogens is 1. The molecule has 0 N–H and O–H groups in total. The number of rotatable bonds is 8. The average Bonchev–Trinajstić information content (AvgIpc) is 3.22. The Morgan fingerprint density at radius 3 is 2.33 bits per heavy atom. The molecular formula is C31H31Cl2FN4O4. The fourth-order valence-electron chi connectivity index (χ4n) is 5.83. The summed E-state index contributed by atoms with van der Waals surface area (Å²) >= 11 is 12.2. The highest BCUT2D eigenvalue weighted by Crippen LogP contribution is 2.47. The maximum absolute atomic E-state index is 16.2. The van der Waals surface area contributed by atoms with E-state index in [0.29, 0.717) is 53.8 Å². The lowest BCUT2D eigenvalue weighted by atomic mass is 9.86. The molecule has 1 aromatic heterocycles. The van der Waals surface area contributed by atoms with Crippen LogP contribution in [0.25, 0.3) is 0 Å². The maximum Gasteiger partial charge on any atom is 0.257 e.